The highest BCUT2D eigenvalue weighted by Crippen LogP contribution is 2.38. The van der Waals surface area contributed by atoms with Crippen LogP contribution in [0.15, 0.2) is 42.9 Å². The van der Waals surface area contributed by atoms with Crippen LogP contribution in [0.4, 0.5) is 0 Å². The van der Waals surface area contributed by atoms with Crippen LogP contribution in [0.1, 0.15) is 24.6 Å². The normalized spacial score (nSPS) is 14.5. The van der Waals surface area contributed by atoms with Crippen molar-refractivity contribution < 1.29 is 0 Å². The predicted octanol–water partition coefficient (Wildman–Crippen LogP) is 2.72. The second kappa shape index (κ2) is 4.41. The summed E-state index contributed by atoms with van der Waals surface area (Å²) in [6.07, 6.45) is 6.16. The summed E-state index contributed by atoms with van der Waals surface area (Å²) in [5.41, 5.74) is 9.01. The van der Waals surface area contributed by atoms with Crippen LogP contribution in [0.5, 0.6) is 0 Å². The molecule has 21 heavy (non-hydrogen) atoms. The summed E-state index contributed by atoms with van der Waals surface area (Å²) in [5.74, 6) is -0.0420. The van der Waals surface area contributed by atoms with Crippen LogP contribution in [-0.2, 0) is 0 Å². The van der Waals surface area contributed by atoms with E-state index in [0.717, 1.165) is 11.3 Å². The van der Waals surface area contributed by atoms with Gasteiger partial charge in [0, 0.05) is 28.7 Å². The fraction of sp³-hybridized carbons (Fsp3) is 0.188. The third kappa shape index (κ3) is 2.07. The van der Waals surface area contributed by atoms with Crippen molar-refractivity contribution in [3.05, 3.63) is 48.5 Å². The lowest BCUT2D eigenvalue weighted by Gasteiger charge is -2.05. The van der Waals surface area contributed by atoms with Crippen molar-refractivity contribution >= 4 is 16.7 Å². The first-order valence-electron chi connectivity index (χ1n) is 7.00. The first kappa shape index (κ1) is 12.1. The molecule has 0 aliphatic heterocycles. The minimum atomic E-state index is -0.0420. The van der Waals surface area contributed by atoms with Gasteiger partial charge in [-0.25, -0.2) is 9.97 Å². The third-order valence-corrected chi connectivity index (χ3v) is 3.90. The second-order valence-electron chi connectivity index (χ2n) is 5.43. The summed E-state index contributed by atoms with van der Waals surface area (Å²) in [5, 5.41) is 8.68. The number of rotatable bonds is 3. The van der Waals surface area contributed by atoms with Gasteiger partial charge in [-0.2, -0.15) is 0 Å². The lowest BCUT2D eigenvalue weighted by atomic mass is 10.1. The van der Waals surface area contributed by atoms with Gasteiger partial charge in [0.05, 0.1) is 5.69 Å². The molecule has 1 saturated carbocycles. The van der Waals surface area contributed by atoms with Crippen LogP contribution in [0.25, 0.3) is 22.2 Å². The van der Waals surface area contributed by atoms with E-state index in [2.05, 4.69) is 45.0 Å². The van der Waals surface area contributed by atoms with Gasteiger partial charge in [0.25, 0.3) is 0 Å². The van der Waals surface area contributed by atoms with Crippen LogP contribution in [0, 0.1) is 5.41 Å². The van der Waals surface area contributed by atoms with Gasteiger partial charge in [0.15, 0.2) is 0 Å². The zero-order valence-corrected chi connectivity index (χ0v) is 11.5. The minimum Gasteiger partial charge on any atom is -0.382 e. The van der Waals surface area contributed by atoms with Crippen LogP contribution in [0.3, 0.4) is 0 Å². The van der Waals surface area contributed by atoms with Crippen LogP contribution >= 0.6 is 0 Å². The quantitative estimate of drug-likeness (QED) is 0.570. The molecule has 1 fully saturated rings. The largest absolute Gasteiger partial charge is 0.382 e. The SMILES string of the molecule is N=C(N)c1cc(-c2ccc3c(ccn3C3CC3)c2)ncn1. The molecule has 0 radical (unpaired) electrons. The second-order valence-corrected chi connectivity index (χ2v) is 5.43. The number of nitrogens with zero attached hydrogens (tertiary/aromatic N) is 3. The molecule has 2 aromatic heterocycles. The van der Waals surface area contributed by atoms with Crippen molar-refractivity contribution in [2.45, 2.75) is 18.9 Å². The number of aromatic nitrogens is 3. The third-order valence-electron chi connectivity index (χ3n) is 3.90. The number of hydrogen-bond acceptors (Lipinski definition) is 3. The Bertz CT molecular complexity index is 845. The molecule has 1 aliphatic rings. The van der Waals surface area contributed by atoms with E-state index in [-0.39, 0.29) is 5.84 Å². The monoisotopic (exact) mass is 277 g/mol. The summed E-state index contributed by atoms with van der Waals surface area (Å²) in [6, 6.07) is 10.9. The summed E-state index contributed by atoms with van der Waals surface area (Å²) >= 11 is 0. The summed E-state index contributed by atoms with van der Waals surface area (Å²) in [7, 11) is 0. The summed E-state index contributed by atoms with van der Waals surface area (Å²) in [6.45, 7) is 0. The smallest absolute Gasteiger partial charge is 0.141 e. The first-order valence-corrected chi connectivity index (χ1v) is 7.00. The number of nitrogens with one attached hydrogen (secondary N) is 1. The number of nitrogens with two attached hydrogens (primary N) is 1. The molecule has 5 nitrogen and oxygen atoms in total. The van der Waals surface area contributed by atoms with Gasteiger partial charge in [-0.05, 0) is 37.1 Å². The number of nitrogen functional groups attached to an aromatic ring is 1. The standard InChI is InChI=1S/C16H15N5/c17-16(18)14-8-13(19-9-20-14)10-1-4-15-11(7-10)5-6-21(15)12-2-3-12/h1,4-9,12H,2-3H2,(H3,17,18). The van der Waals surface area contributed by atoms with E-state index in [1.165, 1.54) is 30.1 Å². The van der Waals surface area contributed by atoms with Crippen molar-refractivity contribution in [1.82, 2.24) is 14.5 Å². The zero-order chi connectivity index (χ0) is 14.4. The Labute approximate surface area is 122 Å². The molecular weight excluding hydrogens is 262 g/mol. The molecule has 0 bridgehead atoms. The van der Waals surface area contributed by atoms with Gasteiger partial charge in [0.2, 0.25) is 0 Å². The maximum absolute atomic E-state index is 7.47. The lowest BCUT2D eigenvalue weighted by molar-refractivity contribution is 0.776. The Balaban J connectivity index is 1.80. The van der Waals surface area contributed by atoms with Gasteiger partial charge in [-0.3, -0.25) is 5.41 Å². The zero-order valence-electron chi connectivity index (χ0n) is 11.5. The van der Waals surface area contributed by atoms with Crippen molar-refractivity contribution in [3.8, 4) is 11.3 Å². The van der Waals surface area contributed by atoms with E-state index >= 15 is 0 Å². The number of fused-ring (bicyclic) bond motifs is 1. The Morgan fingerprint density at radius 2 is 2.05 bits per heavy atom. The van der Waals surface area contributed by atoms with E-state index in [9.17, 15) is 0 Å². The molecule has 0 atom stereocenters. The van der Waals surface area contributed by atoms with E-state index in [1.807, 2.05) is 0 Å². The maximum Gasteiger partial charge on any atom is 0.141 e. The Morgan fingerprint density at radius 3 is 2.81 bits per heavy atom. The molecule has 4 rings (SSSR count). The molecule has 0 spiro atoms. The van der Waals surface area contributed by atoms with E-state index in [4.69, 9.17) is 11.1 Å². The van der Waals surface area contributed by atoms with E-state index < -0.39 is 0 Å². The average molecular weight is 277 g/mol. The molecule has 0 saturated heterocycles. The number of hydrogen-bond donors (Lipinski definition) is 2. The topological polar surface area (TPSA) is 80.6 Å². The van der Waals surface area contributed by atoms with Gasteiger partial charge in [-0.1, -0.05) is 6.07 Å². The molecular formula is C16H15N5. The highest BCUT2D eigenvalue weighted by molar-refractivity contribution is 5.94. The lowest BCUT2D eigenvalue weighted by Crippen LogP contribution is -2.13. The summed E-state index contributed by atoms with van der Waals surface area (Å²) < 4.78 is 2.35. The van der Waals surface area contributed by atoms with Crippen molar-refractivity contribution in [2.24, 2.45) is 5.73 Å². The van der Waals surface area contributed by atoms with Crippen LogP contribution in [-0.4, -0.2) is 20.4 Å². The molecule has 3 N–H and O–H groups in total. The highest BCUT2D eigenvalue weighted by atomic mass is 15.0. The van der Waals surface area contributed by atoms with E-state index in [1.54, 1.807) is 6.07 Å². The molecule has 5 heteroatoms. The van der Waals surface area contributed by atoms with Crippen molar-refractivity contribution in [2.75, 3.05) is 0 Å². The van der Waals surface area contributed by atoms with Gasteiger partial charge >= 0.3 is 0 Å². The van der Waals surface area contributed by atoms with Crippen LogP contribution < -0.4 is 5.73 Å². The van der Waals surface area contributed by atoms with Crippen molar-refractivity contribution in [3.63, 3.8) is 0 Å². The maximum atomic E-state index is 7.47. The Morgan fingerprint density at radius 1 is 1.19 bits per heavy atom. The fourth-order valence-electron chi connectivity index (χ4n) is 2.66. The number of benzene rings is 1. The Kier molecular flexibility index (Phi) is 2.54. The molecule has 0 amide bonds. The van der Waals surface area contributed by atoms with Crippen molar-refractivity contribution in [1.29, 1.82) is 5.41 Å². The average Bonchev–Trinajstić information content (AvgIpc) is 3.26. The summed E-state index contributed by atoms with van der Waals surface area (Å²) in [4.78, 5) is 8.28. The fourth-order valence-corrected chi connectivity index (χ4v) is 2.66. The minimum absolute atomic E-state index is 0.0420. The predicted molar refractivity (Wildman–Crippen MR) is 82.3 cm³/mol. The molecule has 1 aliphatic carbocycles. The van der Waals surface area contributed by atoms with Gasteiger partial charge in [0.1, 0.15) is 17.9 Å². The highest BCUT2D eigenvalue weighted by Gasteiger charge is 2.24. The number of amidine groups is 1. The van der Waals surface area contributed by atoms with Crippen LogP contribution in [0.2, 0.25) is 0 Å². The molecule has 104 valence electrons. The Hall–Kier alpha value is -2.69. The molecule has 0 unspecified atom stereocenters. The molecule has 1 aromatic carbocycles. The van der Waals surface area contributed by atoms with Gasteiger partial charge < -0.3 is 10.3 Å². The van der Waals surface area contributed by atoms with Gasteiger partial charge in [-0.15, -0.1) is 0 Å². The van der Waals surface area contributed by atoms with E-state index in [0.29, 0.717) is 11.7 Å². The molecule has 2 heterocycles. The molecule has 3 aromatic rings. The first-order chi connectivity index (χ1) is 10.2.